The van der Waals surface area contributed by atoms with E-state index in [1.54, 1.807) is 38.2 Å². The summed E-state index contributed by atoms with van der Waals surface area (Å²) in [4.78, 5) is 43.9. The van der Waals surface area contributed by atoms with E-state index in [4.69, 9.17) is 4.42 Å². The normalized spacial score (nSPS) is 15.6. The van der Waals surface area contributed by atoms with Crippen LogP contribution in [0.3, 0.4) is 0 Å². The van der Waals surface area contributed by atoms with Gasteiger partial charge >= 0.3 is 11.6 Å². The van der Waals surface area contributed by atoms with Crippen LogP contribution in [0, 0.1) is 42.2 Å². The lowest BCUT2D eigenvalue weighted by molar-refractivity contribution is -0.386. The fourth-order valence-electron chi connectivity index (χ4n) is 5.19. The average Bonchev–Trinajstić information content (AvgIpc) is 3.51. The Kier molecular flexibility index (Phi) is 6.25. The molecule has 0 saturated heterocycles. The molecule has 4 heterocycles. The molecule has 0 spiro atoms. The number of aromatic nitrogens is 4. The molecule has 0 aromatic carbocycles. The molecular weight excluding hydrogens is 508 g/mol. The van der Waals surface area contributed by atoms with Crippen LogP contribution in [0.15, 0.2) is 21.3 Å². The van der Waals surface area contributed by atoms with E-state index in [1.165, 1.54) is 20.3 Å². The van der Waals surface area contributed by atoms with E-state index >= 15 is 0 Å². The van der Waals surface area contributed by atoms with Crippen LogP contribution in [0.2, 0.25) is 0 Å². The number of carbonyl (C=O) groups excluding carboxylic acids is 1. The second-order valence-electron chi connectivity index (χ2n) is 10.9. The largest absolute Gasteiger partial charge is 0.454 e. The molecular formula is C26H30N6O5S. The third-order valence-corrected chi connectivity index (χ3v) is 8.55. The third kappa shape index (κ3) is 4.42. The third-order valence-electron chi connectivity index (χ3n) is 7.41. The molecule has 1 N–H and O–H groups in total. The molecule has 1 amide bonds. The number of aryl methyl sites for hydroxylation is 3. The number of furan rings is 1. The summed E-state index contributed by atoms with van der Waals surface area (Å²) in [6, 6.07) is 3.10. The van der Waals surface area contributed by atoms with Gasteiger partial charge in [0, 0.05) is 4.88 Å². The van der Waals surface area contributed by atoms with Gasteiger partial charge in [0.15, 0.2) is 5.76 Å². The number of fused-ring (bicyclic) bond motifs is 3. The van der Waals surface area contributed by atoms with Gasteiger partial charge in [-0.3, -0.25) is 29.8 Å². The van der Waals surface area contributed by atoms with E-state index in [-0.39, 0.29) is 29.0 Å². The number of carbonyl (C=O) groups is 1. The first kappa shape index (κ1) is 25.8. The molecule has 1 aliphatic carbocycles. The highest BCUT2D eigenvalue weighted by Gasteiger charge is 2.32. The molecule has 200 valence electrons. The maximum atomic E-state index is 13.5. The van der Waals surface area contributed by atoms with Crippen molar-refractivity contribution in [2.45, 2.75) is 67.3 Å². The van der Waals surface area contributed by atoms with Crippen molar-refractivity contribution in [3.63, 3.8) is 0 Å². The van der Waals surface area contributed by atoms with Gasteiger partial charge in [0.05, 0.1) is 16.9 Å². The Morgan fingerprint density at radius 1 is 1.29 bits per heavy atom. The lowest BCUT2D eigenvalue weighted by Crippen LogP contribution is -2.35. The molecule has 1 atom stereocenters. The van der Waals surface area contributed by atoms with E-state index < -0.39 is 10.8 Å². The minimum absolute atomic E-state index is 0.00259. The fourth-order valence-corrected chi connectivity index (χ4v) is 6.53. The molecule has 5 rings (SSSR count). The Labute approximate surface area is 222 Å². The summed E-state index contributed by atoms with van der Waals surface area (Å²) < 4.78 is 8.34. The quantitative estimate of drug-likeness (QED) is 0.288. The van der Waals surface area contributed by atoms with Crippen molar-refractivity contribution >= 4 is 33.1 Å². The first-order valence-corrected chi connectivity index (χ1v) is 13.3. The van der Waals surface area contributed by atoms with Gasteiger partial charge in [-0.1, -0.05) is 20.8 Å². The van der Waals surface area contributed by atoms with Crippen molar-refractivity contribution in [3.05, 3.63) is 71.8 Å². The van der Waals surface area contributed by atoms with Crippen LogP contribution in [-0.2, 0) is 19.4 Å². The summed E-state index contributed by atoms with van der Waals surface area (Å²) in [5, 5.41) is 16.1. The number of thiophene rings is 1. The Balaban J connectivity index is 1.39. The van der Waals surface area contributed by atoms with Gasteiger partial charge in [-0.2, -0.15) is 5.10 Å². The van der Waals surface area contributed by atoms with Crippen molar-refractivity contribution < 1.29 is 14.1 Å². The molecule has 4 aromatic heterocycles. The zero-order chi connectivity index (χ0) is 27.5. The number of hydrogen-bond acceptors (Lipinski definition) is 8. The Bertz CT molecular complexity index is 1650. The van der Waals surface area contributed by atoms with Crippen molar-refractivity contribution in [2.24, 2.45) is 11.3 Å². The number of hydrogen-bond donors (Lipinski definition) is 1. The second kappa shape index (κ2) is 9.19. The smallest absolute Gasteiger partial charge is 0.312 e. The second-order valence-corrected chi connectivity index (χ2v) is 12.0. The summed E-state index contributed by atoms with van der Waals surface area (Å²) in [5.41, 5.74) is 4.23. The van der Waals surface area contributed by atoms with Crippen LogP contribution < -0.4 is 11.0 Å². The summed E-state index contributed by atoms with van der Waals surface area (Å²) in [6.07, 6.45) is 2.76. The van der Waals surface area contributed by atoms with Gasteiger partial charge in [-0.15, -0.1) is 11.3 Å². The summed E-state index contributed by atoms with van der Waals surface area (Å²) in [5.74, 6) is 0.721. The Hall–Kier alpha value is -3.80. The highest BCUT2D eigenvalue weighted by molar-refractivity contribution is 7.18. The number of nitro groups is 1. The van der Waals surface area contributed by atoms with Crippen LogP contribution in [0.4, 0.5) is 5.69 Å². The maximum absolute atomic E-state index is 13.5. The van der Waals surface area contributed by atoms with Crippen LogP contribution in [0.5, 0.6) is 0 Å². The molecule has 4 aromatic rings. The van der Waals surface area contributed by atoms with Crippen molar-refractivity contribution in [2.75, 3.05) is 5.43 Å². The standard InChI is InChI=1S/C26H30N6O5S/c1-13-22(32(35)36)14(2)30(28-13)12-17-8-10-19(37-17)23(33)29-31-15(3)27-24-21(25(31)34)18-9-7-16(26(4,5)6)11-20(18)38-24/h8,10,16H,7,9,11-12H2,1-6H3,(H,29,33). The van der Waals surface area contributed by atoms with E-state index in [0.29, 0.717) is 39.1 Å². The van der Waals surface area contributed by atoms with Gasteiger partial charge in [-0.05, 0) is 69.1 Å². The van der Waals surface area contributed by atoms with Crippen molar-refractivity contribution in [1.82, 2.24) is 19.4 Å². The number of nitrogens with one attached hydrogen (secondary N) is 1. The number of nitrogens with zero attached hydrogens (tertiary/aromatic N) is 5. The van der Waals surface area contributed by atoms with E-state index in [2.05, 4.69) is 36.3 Å². The Morgan fingerprint density at radius 3 is 2.68 bits per heavy atom. The van der Waals surface area contributed by atoms with Gasteiger partial charge in [0.2, 0.25) is 0 Å². The first-order chi connectivity index (χ1) is 17.8. The van der Waals surface area contributed by atoms with E-state index in [0.717, 1.165) is 24.8 Å². The van der Waals surface area contributed by atoms with Gasteiger partial charge in [-0.25, -0.2) is 9.66 Å². The molecule has 11 nitrogen and oxygen atoms in total. The van der Waals surface area contributed by atoms with Crippen LogP contribution in [0.1, 0.15) is 71.2 Å². The average molecular weight is 539 g/mol. The predicted molar refractivity (Wildman–Crippen MR) is 143 cm³/mol. The lowest BCUT2D eigenvalue weighted by atomic mass is 9.72. The highest BCUT2D eigenvalue weighted by Crippen LogP contribution is 2.42. The summed E-state index contributed by atoms with van der Waals surface area (Å²) in [7, 11) is 0. The molecule has 1 unspecified atom stereocenters. The minimum atomic E-state index is -0.598. The van der Waals surface area contributed by atoms with Crippen LogP contribution in [0.25, 0.3) is 10.2 Å². The lowest BCUT2D eigenvalue weighted by Gasteiger charge is -2.33. The van der Waals surface area contributed by atoms with Crippen LogP contribution >= 0.6 is 11.3 Å². The first-order valence-electron chi connectivity index (χ1n) is 12.5. The predicted octanol–water partition coefficient (Wildman–Crippen LogP) is 4.66. The molecule has 0 aliphatic heterocycles. The monoisotopic (exact) mass is 538 g/mol. The number of rotatable bonds is 5. The summed E-state index contributed by atoms with van der Waals surface area (Å²) in [6.45, 7) is 11.7. The zero-order valence-corrected chi connectivity index (χ0v) is 23.1. The SMILES string of the molecule is Cc1nn(Cc2ccc(C(=O)Nn3c(C)nc4sc5c(c4c3=O)CCC(C(C)(C)C)C5)o2)c(C)c1[N+](=O)[O-]. The van der Waals surface area contributed by atoms with Gasteiger partial charge in [0.25, 0.3) is 5.56 Å². The van der Waals surface area contributed by atoms with Gasteiger partial charge in [0.1, 0.15) is 27.8 Å². The Morgan fingerprint density at radius 2 is 2.03 bits per heavy atom. The topological polar surface area (TPSA) is 138 Å². The number of amides is 1. The van der Waals surface area contributed by atoms with Crippen molar-refractivity contribution in [3.8, 4) is 0 Å². The minimum Gasteiger partial charge on any atom is -0.454 e. The molecule has 0 radical (unpaired) electrons. The van der Waals surface area contributed by atoms with Gasteiger partial charge < -0.3 is 4.42 Å². The van der Waals surface area contributed by atoms with E-state index in [9.17, 15) is 19.7 Å². The van der Waals surface area contributed by atoms with Crippen LogP contribution in [-0.4, -0.2) is 30.3 Å². The van der Waals surface area contributed by atoms with E-state index in [1.807, 2.05) is 0 Å². The summed E-state index contributed by atoms with van der Waals surface area (Å²) >= 11 is 1.58. The molecule has 12 heteroatoms. The molecule has 0 bridgehead atoms. The molecule has 38 heavy (non-hydrogen) atoms. The molecule has 0 saturated carbocycles. The maximum Gasteiger partial charge on any atom is 0.312 e. The zero-order valence-electron chi connectivity index (χ0n) is 22.2. The molecule has 0 fully saturated rings. The molecule has 1 aliphatic rings. The van der Waals surface area contributed by atoms with Crippen molar-refractivity contribution in [1.29, 1.82) is 0 Å². The highest BCUT2D eigenvalue weighted by atomic mass is 32.1. The fraction of sp³-hybridized carbons (Fsp3) is 0.462.